The molecule has 0 N–H and O–H groups in total. The summed E-state index contributed by atoms with van der Waals surface area (Å²) in [5, 5.41) is 0. The number of hydrogen-bond donors (Lipinski definition) is 0. The topological polar surface area (TPSA) is 34.1 Å². The molecule has 0 atom stereocenters. The SMILES string of the molecule is CC(=O)CC(C)=O.[CH]12[CH]3[CH]4[CH]5[CH]1[V]23451678[CH]2[CH]1[CH]6[CH]7[CH]28. The van der Waals surface area contributed by atoms with E-state index in [-0.39, 0.29) is 18.0 Å². The molecule has 0 radical (unpaired) electrons. The average Bonchev–Trinajstić information content (AvgIpc) is 3.23. The third-order valence-corrected chi connectivity index (χ3v) is 71.6. The van der Waals surface area contributed by atoms with Gasteiger partial charge in [-0.3, -0.25) is 9.59 Å². The number of fused-ring (bicyclic) bond motifs is 10. The normalized spacial score (nSPS) is 108. The molecule has 0 aromatic rings. The van der Waals surface area contributed by atoms with Crippen LogP contribution in [-0.2, 0) is 16.8 Å². The quantitative estimate of drug-likeness (QED) is 0.719. The maximum atomic E-state index is 10.0. The van der Waals surface area contributed by atoms with E-state index in [1.165, 1.54) is 13.8 Å². The van der Waals surface area contributed by atoms with Crippen molar-refractivity contribution in [2.45, 2.75) is 66.6 Å². The van der Waals surface area contributed by atoms with Gasteiger partial charge in [0.1, 0.15) is 11.6 Å². The van der Waals surface area contributed by atoms with E-state index in [0.717, 1.165) is 0 Å². The fourth-order valence-electron chi connectivity index (χ4n) is 20.8. The number of ketones is 2. The van der Waals surface area contributed by atoms with Gasteiger partial charge in [-0.1, -0.05) is 0 Å². The molecule has 10 fully saturated rings. The van der Waals surface area contributed by atoms with Crippen LogP contribution in [0, 0.1) is 0 Å². The first-order chi connectivity index (χ1) is 8.28. The first-order valence-corrected chi connectivity index (χ1v) is 16.1. The number of hydrogen-bond acceptors (Lipinski definition) is 2. The summed E-state index contributed by atoms with van der Waals surface area (Å²) in [6.07, 6.45) is 0.0833. The van der Waals surface area contributed by atoms with Crippen molar-refractivity contribution in [1.29, 1.82) is 0 Å². The predicted octanol–water partition coefficient (Wildman–Crippen LogP) is 3.93. The number of Topliss-reactive ketones (excluding diaryl/α,β-unsaturated/α-hetero) is 2. The van der Waals surface area contributed by atoms with Crippen LogP contribution in [0.25, 0.3) is 0 Å². The Bertz CT molecular complexity index is 765. The molecule has 1 spiro atoms. The molecule has 0 saturated carbocycles. The molecule has 10 saturated heterocycles. The van der Waals surface area contributed by atoms with Gasteiger partial charge in [-0.15, -0.1) is 0 Å². The Balaban J connectivity index is 0.0000000885. The van der Waals surface area contributed by atoms with Crippen LogP contribution in [-0.4, -0.2) is 11.6 Å². The van der Waals surface area contributed by atoms with E-state index in [1.54, 1.807) is 46.3 Å². The van der Waals surface area contributed by atoms with E-state index < -0.39 is 7.25 Å². The zero-order valence-corrected chi connectivity index (χ0v) is 12.1. The van der Waals surface area contributed by atoms with Crippen LogP contribution < -0.4 is 0 Å². The minimum absolute atomic E-state index is 0.0625. The molecule has 0 bridgehead atoms. The molecule has 0 aromatic carbocycles. The monoisotopic (exact) mass is 281 g/mol. The summed E-state index contributed by atoms with van der Waals surface area (Å²) in [4.78, 5) is 20.1. The van der Waals surface area contributed by atoms with Gasteiger partial charge in [-0.25, -0.2) is 0 Å². The van der Waals surface area contributed by atoms with Gasteiger partial charge in [-0.05, 0) is 13.8 Å². The Morgan fingerprint density at radius 2 is 0.889 bits per heavy atom. The van der Waals surface area contributed by atoms with Gasteiger partial charge >= 0.3 is 53.5 Å². The Labute approximate surface area is 95.0 Å². The molecule has 3 heteroatoms. The van der Waals surface area contributed by atoms with Crippen molar-refractivity contribution in [3.63, 3.8) is 0 Å². The zero-order chi connectivity index (χ0) is 12.0. The second kappa shape index (κ2) is 0.639. The van der Waals surface area contributed by atoms with Crippen molar-refractivity contribution < 1.29 is 16.8 Å². The van der Waals surface area contributed by atoms with Crippen LogP contribution in [0.3, 0.4) is 0 Å². The molecular weight excluding hydrogens is 263 g/mol. The summed E-state index contributed by atoms with van der Waals surface area (Å²) in [5.74, 6) is -0.125. The second-order valence-electron chi connectivity index (χ2n) is 13.2. The van der Waals surface area contributed by atoms with Gasteiger partial charge in [0.2, 0.25) is 0 Å². The van der Waals surface area contributed by atoms with Gasteiger partial charge < -0.3 is 0 Å². The van der Waals surface area contributed by atoms with Gasteiger partial charge in [-0.2, -0.15) is 0 Å². The molecule has 10 rings (SSSR count). The van der Waals surface area contributed by atoms with Crippen LogP contribution in [0.15, 0.2) is 0 Å². The van der Waals surface area contributed by atoms with Gasteiger partial charge in [0.15, 0.2) is 0 Å². The Morgan fingerprint density at radius 1 is 0.667 bits per heavy atom. The third kappa shape index (κ3) is 0.0853. The van der Waals surface area contributed by atoms with Crippen LogP contribution >= 0.6 is 0 Å². The average molecular weight is 281 g/mol. The second-order valence-corrected chi connectivity index (χ2v) is 43.5. The van der Waals surface area contributed by atoms with Gasteiger partial charge in [0.05, 0.1) is 6.42 Å². The van der Waals surface area contributed by atoms with Crippen molar-refractivity contribution in [1.82, 2.24) is 0 Å². The van der Waals surface area contributed by atoms with Gasteiger partial charge in [0, 0.05) is 0 Å². The molecule has 10 heterocycles. The molecule has 0 aromatic heterocycles. The van der Waals surface area contributed by atoms with E-state index in [9.17, 15) is 9.59 Å². The summed E-state index contributed by atoms with van der Waals surface area (Å²) in [5.41, 5.74) is 0. The first kappa shape index (κ1) is 7.64. The Morgan fingerprint density at radius 3 is 0.889 bits per heavy atom. The van der Waals surface area contributed by atoms with Crippen molar-refractivity contribution in [3.8, 4) is 0 Å². The first-order valence-electron chi connectivity index (χ1n) is 8.03. The summed E-state index contributed by atoms with van der Waals surface area (Å²) < 4.78 is 16.1. The standard InChI is InChI=1S/C5H8O2.2C5H5.V/c1-4(6)3-5(2)7;2*1-2-4-5-3-1;/h3H2,1-2H3;2*1-5H;. The molecule has 10 aliphatic rings. The predicted molar refractivity (Wildman–Crippen MR) is 63.5 cm³/mol. The minimum atomic E-state index is -2.55. The number of rotatable bonds is 2. The van der Waals surface area contributed by atoms with Crippen molar-refractivity contribution >= 4 is 11.6 Å². The van der Waals surface area contributed by atoms with E-state index in [4.69, 9.17) is 0 Å². The van der Waals surface area contributed by atoms with Crippen LogP contribution in [0.1, 0.15) is 20.3 Å². The van der Waals surface area contributed by atoms with E-state index in [1.807, 2.05) is 0 Å². The Kier molecular flexibility index (Phi) is 0.271. The molecular formula is C15H18O2V. The molecule has 0 aliphatic carbocycles. The maximum absolute atomic E-state index is 10.0. The summed E-state index contributed by atoms with van der Waals surface area (Å²) in [7, 11) is -2.55. The number of carbonyl (C=O) groups is 2. The van der Waals surface area contributed by atoms with Gasteiger partial charge in [0.25, 0.3) is 0 Å². The molecule has 0 unspecified atom stereocenters. The summed E-state index contributed by atoms with van der Waals surface area (Å²) >= 11 is 0. The van der Waals surface area contributed by atoms with Crippen molar-refractivity contribution in [3.05, 3.63) is 0 Å². The Hall–Kier alpha value is -0.0756. The van der Waals surface area contributed by atoms with Crippen molar-refractivity contribution in [2.75, 3.05) is 0 Å². The third-order valence-electron chi connectivity index (χ3n) is 18.6. The van der Waals surface area contributed by atoms with E-state index in [2.05, 4.69) is 0 Å². The summed E-state index contributed by atoms with van der Waals surface area (Å²) in [6.45, 7) is 2.81. The fraction of sp³-hybridized carbons (Fsp3) is 0.867. The van der Waals surface area contributed by atoms with Crippen LogP contribution in [0.5, 0.6) is 0 Å². The molecule has 18 heavy (non-hydrogen) atoms. The molecule has 2 nitrogen and oxygen atoms in total. The van der Waals surface area contributed by atoms with Crippen molar-refractivity contribution in [2.24, 2.45) is 0 Å². The molecule has 10 aliphatic heterocycles. The van der Waals surface area contributed by atoms with E-state index >= 15 is 0 Å². The van der Waals surface area contributed by atoms with E-state index in [0.29, 0.717) is 0 Å². The number of carbonyl (C=O) groups excluding carboxylic acids is 2. The summed E-state index contributed by atoms with van der Waals surface area (Å²) in [6, 6.07) is 0. The zero-order valence-electron chi connectivity index (χ0n) is 10.7. The van der Waals surface area contributed by atoms with Crippen LogP contribution in [0.4, 0.5) is 0 Å². The van der Waals surface area contributed by atoms with Crippen LogP contribution in [0.2, 0.25) is 46.3 Å². The fourth-order valence-corrected chi connectivity index (χ4v) is 122. The molecule has 95 valence electrons. The molecule has 0 amide bonds.